The van der Waals surface area contributed by atoms with Gasteiger partial charge >= 0.3 is 6.03 Å². The van der Waals surface area contributed by atoms with Gasteiger partial charge in [0.25, 0.3) is 0 Å². The van der Waals surface area contributed by atoms with E-state index in [-0.39, 0.29) is 30.1 Å². The van der Waals surface area contributed by atoms with Gasteiger partial charge in [0.1, 0.15) is 0 Å². The maximum atomic E-state index is 12.5. The van der Waals surface area contributed by atoms with Gasteiger partial charge < -0.3 is 20.3 Å². The van der Waals surface area contributed by atoms with E-state index in [9.17, 15) is 9.59 Å². The highest BCUT2D eigenvalue weighted by Gasteiger charge is 2.30. The second-order valence-electron chi connectivity index (χ2n) is 6.89. The molecule has 0 bridgehead atoms. The number of aryl methyl sites for hydroxylation is 1. The molecule has 2 N–H and O–H groups in total. The van der Waals surface area contributed by atoms with Crippen LogP contribution in [0.2, 0.25) is 0 Å². The first-order valence-electron chi connectivity index (χ1n) is 8.55. The number of hydrogen-bond donors (Lipinski definition) is 2. The van der Waals surface area contributed by atoms with Crippen LogP contribution in [0.1, 0.15) is 32.3 Å². The van der Waals surface area contributed by atoms with Crippen LogP contribution in [0.15, 0.2) is 18.2 Å². The first-order valence-corrected chi connectivity index (χ1v) is 8.55. The van der Waals surface area contributed by atoms with E-state index in [0.29, 0.717) is 13.1 Å². The molecule has 6 heteroatoms. The van der Waals surface area contributed by atoms with Gasteiger partial charge in [-0.2, -0.15) is 0 Å². The number of anilines is 2. The molecule has 3 rings (SSSR count). The van der Waals surface area contributed by atoms with Crippen molar-refractivity contribution in [3.8, 4) is 0 Å². The molecule has 1 aromatic rings. The Balaban J connectivity index is 1.66. The fourth-order valence-electron chi connectivity index (χ4n) is 2.96. The maximum absolute atomic E-state index is 12.5. The summed E-state index contributed by atoms with van der Waals surface area (Å²) in [5.41, 5.74) is 2.40. The molecule has 130 valence electrons. The molecule has 1 aliphatic carbocycles. The number of benzene rings is 1. The molecule has 1 aliphatic heterocycles. The van der Waals surface area contributed by atoms with Crippen molar-refractivity contribution in [3.63, 3.8) is 0 Å². The molecule has 24 heavy (non-hydrogen) atoms. The second-order valence-corrected chi connectivity index (χ2v) is 6.89. The lowest BCUT2D eigenvalue weighted by atomic mass is 10.1. The summed E-state index contributed by atoms with van der Waals surface area (Å²) in [4.78, 5) is 26.2. The Morgan fingerprint density at radius 3 is 2.42 bits per heavy atom. The first-order chi connectivity index (χ1) is 11.4. The lowest BCUT2D eigenvalue weighted by Gasteiger charge is -2.35. The zero-order chi connectivity index (χ0) is 17.3. The third kappa shape index (κ3) is 4.06. The van der Waals surface area contributed by atoms with Gasteiger partial charge in [-0.25, -0.2) is 4.79 Å². The third-order valence-corrected chi connectivity index (χ3v) is 4.40. The predicted octanol–water partition coefficient (Wildman–Crippen LogP) is 2.98. The average molecular weight is 331 g/mol. The van der Waals surface area contributed by atoms with Crippen LogP contribution in [0, 0.1) is 12.8 Å². The Labute approximate surface area is 142 Å². The van der Waals surface area contributed by atoms with E-state index in [1.807, 2.05) is 39.0 Å². The fraction of sp³-hybridized carbons (Fsp3) is 0.556. The molecule has 6 nitrogen and oxygen atoms in total. The van der Waals surface area contributed by atoms with Gasteiger partial charge in [-0.15, -0.1) is 0 Å². The lowest BCUT2D eigenvalue weighted by Crippen LogP contribution is -2.49. The molecule has 1 heterocycles. The molecule has 1 aromatic carbocycles. The Morgan fingerprint density at radius 1 is 1.12 bits per heavy atom. The molecule has 0 unspecified atom stereocenters. The monoisotopic (exact) mass is 331 g/mol. The number of rotatable bonds is 3. The quantitative estimate of drug-likeness (QED) is 0.894. The number of carbonyl (C=O) groups is 2. The van der Waals surface area contributed by atoms with E-state index in [1.54, 1.807) is 4.90 Å². The molecule has 2 atom stereocenters. The number of nitrogens with one attached hydrogen (secondary N) is 2. The van der Waals surface area contributed by atoms with Crippen LogP contribution >= 0.6 is 0 Å². The van der Waals surface area contributed by atoms with E-state index in [0.717, 1.165) is 29.8 Å². The van der Waals surface area contributed by atoms with E-state index >= 15 is 0 Å². The number of amides is 3. The maximum Gasteiger partial charge on any atom is 0.322 e. The zero-order valence-electron chi connectivity index (χ0n) is 14.5. The van der Waals surface area contributed by atoms with Crippen molar-refractivity contribution < 1.29 is 14.3 Å². The van der Waals surface area contributed by atoms with E-state index < -0.39 is 0 Å². The van der Waals surface area contributed by atoms with Crippen LogP contribution in [0.4, 0.5) is 16.2 Å². The molecular formula is C18H25N3O3. The van der Waals surface area contributed by atoms with Gasteiger partial charge in [0.15, 0.2) is 0 Å². The summed E-state index contributed by atoms with van der Waals surface area (Å²) in [6.07, 6.45) is 2.00. The van der Waals surface area contributed by atoms with Gasteiger partial charge in [0.05, 0.1) is 12.2 Å². The highest BCUT2D eigenvalue weighted by Crippen LogP contribution is 2.31. The standard InChI is InChI=1S/C18H25N3O3/c1-11-4-7-15(19-17(22)14-5-6-14)8-16(11)20-18(23)21-9-12(2)24-13(3)10-21/h4,7-8,12-14H,5-6,9-10H2,1-3H3,(H,19,22)(H,20,23)/t12-,13-/m1/s1. The van der Waals surface area contributed by atoms with Gasteiger partial charge in [-0.3, -0.25) is 4.79 Å². The predicted molar refractivity (Wildman–Crippen MR) is 93.1 cm³/mol. The van der Waals surface area contributed by atoms with Crippen LogP contribution in [-0.2, 0) is 9.53 Å². The van der Waals surface area contributed by atoms with E-state index in [1.165, 1.54) is 0 Å². The number of carbonyl (C=O) groups excluding carboxylic acids is 2. The first kappa shape index (κ1) is 16.8. The molecule has 0 aromatic heterocycles. The minimum Gasteiger partial charge on any atom is -0.372 e. The second kappa shape index (κ2) is 6.81. The zero-order valence-corrected chi connectivity index (χ0v) is 14.5. The summed E-state index contributed by atoms with van der Waals surface area (Å²) in [5, 5.41) is 5.87. The highest BCUT2D eigenvalue weighted by atomic mass is 16.5. The third-order valence-electron chi connectivity index (χ3n) is 4.40. The number of ether oxygens (including phenoxy) is 1. The van der Waals surface area contributed by atoms with Crippen molar-refractivity contribution in [1.29, 1.82) is 0 Å². The molecule has 1 saturated heterocycles. The summed E-state index contributed by atoms with van der Waals surface area (Å²) < 4.78 is 5.66. The SMILES string of the molecule is Cc1ccc(NC(=O)C2CC2)cc1NC(=O)N1C[C@@H](C)O[C@H](C)C1. The summed E-state index contributed by atoms with van der Waals surface area (Å²) >= 11 is 0. The van der Waals surface area contributed by atoms with Gasteiger partial charge in [0.2, 0.25) is 5.91 Å². The number of nitrogens with zero attached hydrogens (tertiary/aromatic N) is 1. The van der Waals surface area contributed by atoms with Gasteiger partial charge in [-0.1, -0.05) is 6.07 Å². The number of urea groups is 1. The van der Waals surface area contributed by atoms with Crippen LogP contribution in [-0.4, -0.2) is 42.1 Å². The minimum absolute atomic E-state index is 0.0322. The van der Waals surface area contributed by atoms with Crippen molar-refractivity contribution in [1.82, 2.24) is 4.90 Å². The Hall–Kier alpha value is -2.08. The van der Waals surface area contributed by atoms with Crippen LogP contribution in [0.5, 0.6) is 0 Å². The average Bonchev–Trinajstić information content (AvgIpc) is 3.34. The van der Waals surface area contributed by atoms with Gasteiger partial charge in [-0.05, 0) is 51.3 Å². The van der Waals surface area contributed by atoms with E-state index in [4.69, 9.17) is 4.74 Å². The number of hydrogen-bond acceptors (Lipinski definition) is 3. The molecule has 2 fully saturated rings. The molecule has 2 aliphatic rings. The van der Waals surface area contributed by atoms with Gasteiger partial charge in [0, 0.05) is 30.4 Å². The molecule has 3 amide bonds. The number of morpholine rings is 1. The molecule has 1 saturated carbocycles. The van der Waals surface area contributed by atoms with Crippen molar-refractivity contribution in [2.45, 2.75) is 45.8 Å². The van der Waals surface area contributed by atoms with Crippen LogP contribution in [0.3, 0.4) is 0 Å². The Bertz CT molecular complexity index is 632. The highest BCUT2D eigenvalue weighted by molar-refractivity contribution is 5.96. The van der Waals surface area contributed by atoms with Crippen molar-refractivity contribution >= 4 is 23.3 Å². The van der Waals surface area contributed by atoms with Crippen LogP contribution < -0.4 is 10.6 Å². The van der Waals surface area contributed by atoms with Crippen molar-refractivity contribution in [3.05, 3.63) is 23.8 Å². The smallest absolute Gasteiger partial charge is 0.322 e. The summed E-state index contributed by atoms with van der Waals surface area (Å²) in [5.74, 6) is 0.215. The van der Waals surface area contributed by atoms with E-state index in [2.05, 4.69) is 10.6 Å². The summed E-state index contributed by atoms with van der Waals surface area (Å²) in [7, 11) is 0. The summed E-state index contributed by atoms with van der Waals surface area (Å²) in [6.45, 7) is 7.03. The molecular weight excluding hydrogens is 306 g/mol. The Morgan fingerprint density at radius 2 is 1.79 bits per heavy atom. The molecule has 0 radical (unpaired) electrons. The largest absolute Gasteiger partial charge is 0.372 e. The Kier molecular flexibility index (Phi) is 4.76. The minimum atomic E-state index is -0.134. The molecule has 0 spiro atoms. The van der Waals surface area contributed by atoms with Crippen LogP contribution in [0.25, 0.3) is 0 Å². The normalized spacial score (nSPS) is 23.7. The van der Waals surface area contributed by atoms with Crippen molar-refractivity contribution in [2.75, 3.05) is 23.7 Å². The lowest BCUT2D eigenvalue weighted by molar-refractivity contribution is -0.117. The fourth-order valence-corrected chi connectivity index (χ4v) is 2.96. The van der Waals surface area contributed by atoms with Crippen molar-refractivity contribution in [2.24, 2.45) is 5.92 Å². The topological polar surface area (TPSA) is 70.7 Å². The summed E-state index contributed by atoms with van der Waals surface area (Å²) in [6, 6.07) is 5.46.